The van der Waals surface area contributed by atoms with E-state index >= 15 is 0 Å². The Morgan fingerprint density at radius 3 is 2.37 bits per heavy atom. The number of methoxy groups -OCH3 is 2. The second kappa shape index (κ2) is 9.92. The highest BCUT2D eigenvalue weighted by Gasteiger charge is 2.27. The number of hydrogen-bond acceptors (Lipinski definition) is 8. The Hall–Kier alpha value is -2.62. The van der Waals surface area contributed by atoms with Gasteiger partial charge in [0.1, 0.15) is 19.0 Å². The lowest BCUT2D eigenvalue weighted by atomic mass is 10.0. The van der Waals surface area contributed by atoms with Crippen LogP contribution < -0.4 is 15.2 Å². The van der Waals surface area contributed by atoms with E-state index in [9.17, 15) is 0 Å². The van der Waals surface area contributed by atoms with E-state index in [1.54, 1.807) is 20.6 Å². The monoisotopic (exact) mass is 476 g/mol. The molecule has 2 aliphatic rings. The van der Waals surface area contributed by atoms with Gasteiger partial charge in [0.25, 0.3) is 0 Å². The molecule has 0 radical (unpaired) electrons. The molecule has 30 heavy (non-hydrogen) atoms. The molecule has 2 N–H and O–H groups in total. The maximum absolute atomic E-state index is 6.13. The van der Waals surface area contributed by atoms with Crippen molar-refractivity contribution in [2.24, 2.45) is 9.98 Å². The fourth-order valence-electron chi connectivity index (χ4n) is 3.27. The van der Waals surface area contributed by atoms with Crippen LogP contribution in [0.1, 0.15) is 11.1 Å². The van der Waals surface area contributed by atoms with Gasteiger partial charge in [-0.2, -0.15) is 0 Å². The number of nitrogens with two attached hydrogens (primary N) is 1. The number of halogens is 1. The first kappa shape index (κ1) is 22.1. The van der Waals surface area contributed by atoms with E-state index in [2.05, 4.69) is 4.99 Å². The predicted molar refractivity (Wildman–Crippen MR) is 122 cm³/mol. The number of nitrogen functional groups attached to an aromatic ring is 1. The molecular formula is C21H25BrN4O4. The summed E-state index contributed by atoms with van der Waals surface area (Å²) in [4.78, 5) is 11.4. The quantitative estimate of drug-likeness (QED) is 0.463. The molecule has 0 atom stereocenters. The molecule has 0 bridgehead atoms. The molecule has 0 saturated carbocycles. The maximum Gasteiger partial charge on any atom is 0.163 e. The molecule has 0 spiro atoms. The third-order valence-electron chi connectivity index (χ3n) is 4.74. The van der Waals surface area contributed by atoms with Crippen molar-refractivity contribution in [3.63, 3.8) is 0 Å². The zero-order chi connectivity index (χ0) is 20.2. The molecule has 160 valence electrons. The highest BCUT2D eigenvalue weighted by Crippen LogP contribution is 2.40. The summed E-state index contributed by atoms with van der Waals surface area (Å²) >= 11 is 0. The summed E-state index contributed by atoms with van der Waals surface area (Å²) in [5.74, 6) is 2.05. The Kier molecular flexibility index (Phi) is 7.30. The lowest BCUT2D eigenvalue weighted by Crippen LogP contribution is -2.34. The molecule has 0 aliphatic carbocycles. The van der Waals surface area contributed by atoms with Crippen molar-refractivity contribution in [3.05, 3.63) is 41.5 Å². The van der Waals surface area contributed by atoms with Crippen LogP contribution in [0.3, 0.4) is 0 Å². The van der Waals surface area contributed by atoms with Crippen molar-refractivity contribution < 1.29 is 18.9 Å². The molecule has 0 saturated heterocycles. The van der Waals surface area contributed by atoms with E-state index in [-0.39, 0.29) is 17.0 Å². The van der Waals surface area contributed by atoms with E-state index < -0.39 is 0 Å². The number of amidine groups is 1. The lowest BCUT2D eigenvalue weighted by Gasteiger charge is -2.31. The first-order chi connectivity index (χ1) is 14.2. The van der Waals surface area contributed by atoms with Gasteiger partial charge in [-0.15, -0.1) is 17.0 Å². The van der Waals surface area contributed by atoms with Crippen LogP contribution in [-0.4, -0.2) is 57.7 Å². The third kappa shape index (κ3) is 4.43. The van der Waals surface area contributed by atoms with Crippen LogP contribution in [0, 0.1) is 0 Å². The summed E-state index contributed by atoms with van der Waals surface area (Å²) in [6.07, 6.45) is 1.78. The van der Waals surface area contributed by atoms with Crippen LogP contribution in [0.2, 0.25) is 0 Å². The van der Waals surface area contributed by atoms with Crippen LogP contribution >= 0.6 is 17.0 Å². The van der Waals surface area contributed by atoms with Crippen LogP contribution in [0.25, 0.3) is 0 Å². The molecule has 2 aromatic rings. The third-order valence-corrected chi connectivity index (χ3v) is 4.74. The smallest absolute Gasteiger partial charge is 0.163 e. The Bertz CT molecular complexity index is 964. The Morgan fingerprint density at radius 1 is 0.967 bits per heavy atom. The Morgan fingerprint density at radius 2 is 1.67 bits per heavy atom. The largest absolute Gasteiger partial charge is 0.487 e. The normalized spacial score (nSPS) is 13.5. The molecule has 8 nitrogen and oxygen atoms in total. The Labute approximate surface area is 186 Å². The highest BCUT2D eigenvalue weighted by atomic mass is 79.9. The van der Waals surface area contributed by atoms with Gasteiger partial charge in [-0.05, 0) is 18.2 Å². The number of rotatable bonds is 8. The highest BCUT2D eigenvalue weighted by molar-refractivity contribution is 8.93. The molecule has 4 rings (SSSR count). The SMILES string of the molecule is Br.COCCOc1cc2c(cc1OCCOC)C1=Nc3cccc(N)c3CN1C=N2. The van der Waals surface area contributed by atoms with Crippen LogP contribution in [0.4, 0.5) is 17.1 Å². The van der Waals surface area contributed by atoms with Gasteiger partial charge in [-0.1, -0.05) is 6.07 Å². The molecule has 0 amide bonds. The number of anilines is 1. The first-order valence-electron chi connectivity index (χ1n) is 9.40. The number of fused-ring (bicyclic) bond motifs is 4. The number of benzene rings is 2. The fraction of sp³-hybridized carbons (Fsp3) is 0.333. The van der Waals surface area contributed by atoms with Gasteiger partial charge in [0.15, 0.2) is 11.5 Å². The van der Waals surface area contributed by atoms with Crippen molar-refractivity contribution in [3.8, 4) is 11.5 Å². The van der Waals surface area contributed by atoms with Gasteiger partial charge in [0.2, 0.25) is 0 Å². The summed E-state index contributed by atoms with van der Waals surface area (Å²) in [5.41, 5.74) is 10.4. The minimum Gasteiger partial charge on any atom is -0.487 e. The van der Waals surface area contributed by atoms with E-state index in [0.29, 0.717) is 44.5 Å². The van der Waals surface area contributed by atoms with Crippen molar-refractivity contribution in [1.82, 2.24) is 4.90 Å². The standard InChI is InChI=1S/C21H24N4O4.BrH/c1-26-6-8-28-19-10-14-18(11-20(19)29-9-7-27-2)23-13-25-12-15-16(22)4-3-5-17(15)24-21(14)25;/h3-5,10-11,13H,6-9,12,22H2,1-2H3;1H. The van der Waals surface area contributed by atoms with Gasteiger partial charge in [-0.3, -0.25) is 0 Å². The van der Waals surface area contributed by atoms with Crippen molar-refractivity contribution in [1.29, 1.82) is 0 Å². The molecule has 0 fully saturated rings. The second-order valence-electron chi connectivity index (χ2n) is 6.65. The molecule has 2 aromatic carbocycles. The predicted octanol–water partition coefficient (Wildman–Crippen LogP) is 3.46. The van der Waals surface area contributed by atoms with Crippen LogP contribution in [0.15, 0.2) is 40.3 Å². The van der Waals surface area contributed by atoms with Gasteiger partial charge >= 0.3 is 0 Å². The number of nitrogens with zero attached hydrogens (tertiary/aromatic N) is 3. The van der Waals surface area contributed by atoms with Crippen LogP contribution in [-0.2, 0) is 16.0 Å². The second-order valence-corrected chi connectivity index (χ2v) is 6.65. The minimum absolute atomic E-state index is 0. The van der Waals surface area contributed by atoms with Crippen molar-refractivity contribution in [2.75, 3.05) is 46.4 Å². The number of aliphatic imine (C=N–C) groups is 2. The average molecular weight is 477 g/mol. The molecular weight excluding hydrogens is 452 g/mol. The molecule has 2 heterocycles. The van der Waals surface area contributed by atoms with Crippen molar-refractivity contribution in [2.45, 2.75) is 6.54 Å². The van der Waals surface area contributed by atoms with Gasteiger partial charge in [-0.25, -0.2) is 9.98 Å². The summed E-state index contributed by atoms with van der Waals surface area (Å²) in [5, 5.41) is 0. The van der Waals surface area contributed by atoms with Crippen LogP contribution in [0.5, 0.6) is 11.5 Å². The minimum atomic E-state index is 0. The molecule has 0 aromatic heterocycles. The molecule has 9 heteroatoms. The lowest BCUT2D eigenvalue weighted by molar-refractivity contribution is 0.132. The maximum atomic E-state index is 6.13. The molecule has 0 unspecified atom stereocenters. The van der Waals surface area contributed by atoms with E-state index in [1.165, 1.54) is 0 Å². The number of hydrogen-bond donors (Lipinski definition) is 1. The summed E-state index contributed by atoms with van der Waals surface area (Å²) < 4.78 is 21.9. The zero-order valence-corrected chi connectivity index (χ0v) is 18.7. The fourth-order valence-corrected chi connectivity index (χ4v) is 3.27. The van der Waals surface area contributed by atoms with E-state index in [1.807, 2.05) is 35.2 Å². The summed E-state index contributed by atoms with van der Waals surface area (Å²) in [7, 11) is 3.27. The topological polar surface area (TPSA) is 90.9 Å². The van der Waals surface area contributed by atoms with Gasteiger partial charge in [0, 0.05) is 37.1 Å². The average Bonchev–Trinajstić information content (AvgIpc) is 2.73. The summed E-state index contributed by atoms with van der Waals surface area (Å²) in [6.45, 7) is 2.41. The summed E-state index contributed by atoms with van der Waals surface area (Å²) in [6, 6.07) is 9.57. The number of ether oxygens (including phenoxy) is 4. The zero-order valence-electron chi connectivity index (χ0n) is 17.0. The Balaban J connectivity index is 0.00000256. The van der Waals surface area contributed by atoms with E-state index in [0.717, 1.165) is 34.0 Å². The molecule has 2 aliphatic heterocycles. The first-order valence-corrected chi connectivity index (χ1v) is 9.40. The van der Waals surface area contributed by atoms with E-state index in [4.69, 9.17) is 29.7 Å². The van der Waals surface area contributed by atoms with Gasteiger partial charge < -0.3 is 29.6 Å². The van der Waals surface area contributed by atoms with Gasteiger partial charge in [0.05, 0.1) is 37.5 Å². The van der Waals surface area contributed by atoms with Crippen molar-refractivity contribution >= 4 is 46.2 Å².